The summed E-state index contributed by atoms with van der Waals surface area (Å²) in [6, 6.07) is 4.99. The van der Waals surface area contributed by atoms with Crippen LogP contribution in [0, 0.1) is 6.92 Å². The first-order valence-corrected chi connectivity index (χ1v) is 7.24. The van der Waals surface area contributed by atoms with E-state index in [9.17, 15) is 4.79 Å². The van der Waals surface area contributed by atoms with E-state index >= 15 is 0 Å². The number of hydrogen-bond donors (Lipinski definition) is 1. The number of fused-ring (bicyclic) bond motifs is 2. The van der Waals surface area contributed by atoms with E-state index in [1.807, 2.05) is 19.1 Å². The van der Waals surface area contributed by atoms with Crippen molar-refractivity contribution >= 4 is 11.8 Å². The highest BCUT2D eigenvalue weighted by Gasteiger charge is 2.29. The smallest absolute Gasteiger partial charge is 0.339 e. The van der Waals surface area contributed by atoms with Gasteiger partial charge in [0.25, 0.3) is 0 Å². The fourth-order valence-corrected chi connectivity index (χ4v) is 3.20. The summed E-state index contributed by atoms with van der Waals surface area (Å²) in [6.07, 6.45) is 3.71. The van der Waals surface area contributed by atoms with Gasteiger partial charge in [-0.25, -0.2) is 9.78 Å². The maximum Gasteiger partial charge on any atom is 0.339 e. The van der Waals surface area contributed by atoms with Gasteiger partial charge in [0, 0.05) is 25.2 Å². The number of carbonyl (C=O) groups is 1. The van der Waals surface area contributed by atoms with E-state index in [0.717, 1.165) is 31.0 Å². The SMILES string of the molecule is COC(=O)c1ccc(N2CCC3CCC(C2)N3)nc1C. The molecule has 3 rings (SSSR count). The van der Waals surface area contributed by atoms with Crippen molar-refractivity contribution in [2.24, 2.45) is 0 Å². The van der Waals surface area contributed by atoms with Crippen LogP contribution in [0.5, 0.6) is 0 Å². The molecule has 0 spiro atoms. The number of rotatable bonds is 2. The molecule has 0 amide bonds. The van der Waals surface area contributed by atoms with E-state index in [1.165, 1.54) is 20.0 Å². The van der Waals surface area contributed by atoms with Gasteiger partial charge in [-0.15, -0.1) is 0 Å². The number of anilines is 1. The number of carbonyl (C=O) groups excluding carboxylic acids is 1. The van der Waals surface area contributed by atoms with Gasteiger partial charge in [0.15, 0.2) is 0 Å². The second-order valence-electron chi connectivity index (χ2n) is 5.67. The van der Waals surface area contributed by atoms with Crippen molar-refractivity contribution in [3.05, 3.63) is 23.4 Å². The Labute approximate surface area is 119 Å². The Hall–Kier alpha value is -1.62. The van der Waals surface area contributed by atoms with E-state index in [0.29, 0.717) is 17.6 Å². The highest BCUT2D eigenvalue weighted by atomic mass is 16.5. The lowest BCUT2D eigenvalue weighted by Crippen LogP contribution is -2.35. The summed E-state index contributed by atoms with van der Waals surface area (Å²) in [5.41, 5.74) is 1.28. The standard InChI is InChI=1S/C15H21N3O2/c1-10-13(15(19)20-2)5-6-14(16-10)18-8-7-11-3-4-12(9-18)17-11/h5-6,11-12,17H,3-4,7-9H2,1-2H3. The molecule has 2 bridgehead atoms. The molecule has 2 aliphatic rings. The van der Waals surface area contributed by atoms with Gasteiger partial charge in [-0.2, -0.15) is 0 Å². The first kappa shape index (κ1) is 13.4. The lowest BCUT2D eigenvalue weighted by Gasteiger charge is -2.25. The third kappa shape index (κ3) is 2.50. The van der Waals surface area contributed by atoms with Crippen molar-refractivity contribution in [1.29, 1.82) is 0 Å². The molecule has 1 N–H and O–H groups in total. The molecule has 2 saturated heterocycles. The molecule has 0 saturated carbocycles. The van der Waals surface area contributed by atoms with Gasteiger partial charge in [0.2, 0.25) is 0 Å². The van der Waals surface area contributed by atoms with Crippen molar-refractivity contribution in [3.63, 3.8) is 0 Å². The minimum Gasteiger partial charge on any atom is -0.465 e. The first-order valence-electron chi connectivity index (χ1n) is 7.24. The van der Waals surface area contributed by atoms with Crippen molar-refractivity contribution in [1.82, 2.24) is 10.3 Å². The molecule has 2 atom stereocenters. The minimum atomic E-state index is -0.321. The van der Waals surface area contributed by atoms with Crippen molar-refractivity contribution in [2.75, 3.05) is 25.1 Å². The van der Waals surface area contributed by atoms with Crippen LogP contribution in [0.25, 0.3) is 0 Å². The predicted octanol–water partition coefficient (Wildman–Crippen LogP) is 1.51. The predicted molar refractivity (Wildman–Crippen MR) is 77.1 cm³/mol. The summed E-state index contributed by atoms with van der Waals surface area (Å²) < 4.78 is 4.76. The molecule has 108 valence electrons. The summed E-state index contributed by atoms with van der Waals surface area (Å²) in [6.45, 7) is 3.89. The van der Waals surface area contributed by atoms with Gasteiger partial charge >= 0.3 is 5.97 Å². The molecule has 2 fully saturated rings. The molecule has 1 aromatic heterocycles. The topological polar surface area (TPSA) is 54.5 Å². The second-order valence-corrected chi connectivity index (χ2v) is 5.67. The zero-order valence-corrected chi connectivity index (χ0v) is 12.1. The summed E-state index contributed by atoms with van der Waals surface area (Å²) in [7, 11) is 1.40. The van der Waals surface area contributed by atoms with E-state index in [2.05, 4.69) is 15.2 Å². The van der Waals surface area contributed by atoms with E-state index < -0.39 is 0 Å². The Bertz CT molecular complexity index is 518. The maximum absolute atomic E-state index is 11.6. The quantitative estimate of drug-likeness (QED) is 0.829. The number of ether oxygens (including phenoxy) is 1. The fraction of sp³-hybridized carbons (Fsp3) is 0.600. The molecule has 1 aromatic rings. The number of pyridine rings is 1. The van der Waals surface area contributed by atoms with Gasteiger partial charge < -0.3 is 15.0 Å². The zero-order valence-electron chi connectivity index (χ0n) is 12.1. The first-order chi connectivity index (χ1) is 9.67. The highest BCUT2D eigenvalue weighted by Crippen LogP contribution is 2.24. The van der Waals surface area contributed by atoms with Crippen LogP contribution in [0.15, 0.2) is 12.1 Å². The average molecular weight is 275 g/mol. The third-order valence-electron chi connectivity index (χ3n) is 4.32. The molecule has 0 radical (unpaired) electrons. The normalized spacial score (nSPS) is 25.4. The van der Waals surface area contributed by atoms with Gasteiger partial charge in [-0.05, 0) is 38.3 Å². The second kappa shape index (κ2) is 5.40. The zero-order chi connectivity index (χ0) is 14.1. The lowest BCUT2D eigenvalue weighted by atomic mass is 10.1. The fourth-order valence-electron chi connectivity index (χ4n) is 3.20. The Kier molecular flexibility index (Phi) is 3.61. The van der Waals surface area contributed by atoms with Gasteiger partial charge in [0.1, 0.15) is 5.82 Å². The van der Waals surface area contributed by atoms with Crippen LogP contribution in [-0.2, 0) is 4.74 Å². The molecule has 5 nitrogen and oxygen atoms in total. The number of nitrogens with one attached hydrogen (secondary N) is 1. The van der Waals surface area contributed by atoms with Crippen LogP contribution in [0.2, 0.25) is 0 Å². The summed E-state index contributed by atoms with van der Waals surface area (Å²) in [4.78, 5) is 18.5. The van der Waals surface area contributed by atoms with Crippen LogP contribution in [0.3, 0.4) is 0 Å². The number of methoxy groups -OCH3 is 1. The van der Waals surface area contributed by atoms with Crippen molar-refractivity contribution in [3.8, 4) is 0 Å². The summed E-state index contributed by atoms with van der Waals surface area (Å²) >= 11 is 0. The number of aryl methyl sites for hydroxylation is 1. The van der Waals surface area contributed by atoms with E-state index in [1.54, 1.807) is 0 Å². The molecular formula is C15H21N3O2. The molecule has 3 heterocycles. The van der Waals surface area contributed by atoms with Crippen LogP contribution in [0.4, 0.5) is 5.82 Å². The van der Waals surface area contributed by atoms with Crippen molar-refractivity contribution in [2.45, 2.75) is 38.3 Å². The Morgan fingerprint density at radius 1 is 1.35 bits per heavy atom. The maximum atomic E-state index is 11.6. The van der Waals surface area contributed by atoms with Crippen molar-refractivity contribution < 1.29 is 9.53 Å². The van der Waals surface area contributed by atoms with Crippen LogP contribution >= 0.6 is 0 Å². The molecule has 0 aliphatic carbocycles. The Balaban J connectivity index is 1.80. The van der Waals surface area contributed by atoms with E-state index in [-0.39, 0.29) is 5.97 Å². The van der Waals surface area contributed by atoms with Gasteiger partial charge in [0.05, 0.1) is 18.4 Å². The number of hydrogen-bond acceptors (Lipinski definition) is 5. The number of esters is 1. The summed E-state index contributed by atoms with van der Waals surface area (Å²) in [5, 5.41) is 3.66. The van der Waals surface area contributed by atoms with Crippen LogP contribution < -0.4 is 10.2 Å². The van der Waals surface area contributed by atoms with Crippen LogP contribution in [-0.4, -0.2) is 43.2 Å². The third-order valence-corrected chi connectivity index (χ3v) is 4.32. The lowest BCUT2D eigenvalue weighted by molar-refractivity contribution is 0.0599. The monoisotopic (exact) mass is 275 g/mol. The minimum absolute atomic E-state index is 0.321. The molecule has 2 aliphatic heterocycles. The molecule has 20 heavy (non-hydrogen) atoms. The molecule has 0 aromatic carbocycles. The molecule has 2 unspecified atom stereocenters. The van der Waals surface area contributed by atoms with E-state index in [4.69, 9.17) is 4.74 Å². The Morgan fingerprint density at radius 3 is 2.90 bits per heavy atom. The van der Waals surface area contributed by atoms with Gasteiger partial charge in [-0.3, -0.25) is 0 Å². The molecule has 5 heteroatoms. The average Bonchev–Trinajstić information content (AvgIpc) is 2.77. The molecular weight excluding hydrogens is 254 g/mol. The Morgan fingerprint density at radius 2 is 2.15 bits per heavy atom. The number of nitrogens with zero attached hydrogens (tertiary/aromatic N) is 2. The van der Waals surface area contributed by atoms with Crippen LogP contribution in [0.1, 0.15) is 35.3 Å². The summed E-state index contributed by atoms with van der Waals surface area (Å²) in [5.74, 6) is 0.641. The largest absolute Gasteiger partial charge is 0.465 e. The number of aromatic nitrogens is 1. The highest BCUT2D eigenvalue weighted by molar-refractivity contribution is 5.90. The van der Waals surface area contributed by atoms with Gasteiger partial charge in [-0.1, -0.05) is 0 Å².